The molecule has 1 aromatic carbocycles. The molecule has 2 amide bonds. The van der Waals surface area contributed by atoms with E-state index in [1.54, 1.807) is 0 Å². The molecule has 2 fully saturated rings. The van der Waals surface area contributed by atoms with E-state index < -0.39 is 5.54 Å². The van der Waals surface area contributed by atoms with Crippen LogP contribution in [0.3, 0.4) is 0 Å². The third-order valence-corrected chi connectivity index (χ3v) is 6.12. The lowest BCUT2D eigenvalue weighted by molar-refractivity contribution is -0.135. The van der Waals surface area contributed by atoms with Gasteiger partial charge in [-0.05, 0) is 51.5 Å². The predicted molar refractivity (Wildman–Crippen MR) is 106 cm³/mol. The van der Waals surface area contributed by atoms with Gasteiger partial charge >= 0.3 is 0 Å². The van der Waals surface area contributed by atoms with Crippen molar-refractivity contribution in [3.8, 4) is 0 Å². The first-order valence-electron chi connectivity index (χ1n) is 9.93. The summed E-state index contributed by atoms with van der Waals surface area (Å²) in [7, 11) is 2.13. The van der Waals surface area contributed by atoms with Crippen LogP contribution in [-0.4, -0.2) is 84.9 Å². The number of amides is 2. The molecule has 0 aliphatic carbocycles. The van der Waals surface area contributed by atoms with Gasteiger partial charge in [-0.3, -0.25) is 14.5 Å². The van der Waals surface area contributed by atoms with Crippen molar-refractivity contribution in [3.63, 3.8) is 0 Å². The molecule has 0 unspecified atom stereocenters. The Kier molecular flexibility index (Phi) is 5.06. The van der Waals surface area contributed by atoms with Gasteiger partial charge < -0.3 is 20.4 Å². The maximum atomic E-state index is 12.8. The van der Waals surface area contributed by atoms with Gasteiger partial charge in [0.2, 0.25) is 11.8 Å². The Morgan fingerprint density at radius 2 is 1.78 bits per heavy atom. The number of piperidine rings is 1. The summed E-state index contributed by atoms with van der Waals surface area (Å²) < 4.78 is 0. The minimum atomic E-state index is -0.601. The second-order valence-electron chi connectivity index (χ2n) is 8.02. The fraction of sp³-hybridized carbons (Fsp3) is 0.600. The first-order chi connectivity index (χ1) is 13.1. The summed E-state index contributed by atoms with van der Waals surface area (Å²) in [4.78, 5) is 32.0. The Balaban J connectivity index is 1.35. The van der Waals surface area contributed by atoms with Crippen molar-refractivity contribution in [2.24, 2.45) is 0 Å². The van der Waals surface area contributed by atoms with Crippen molar-refractivity contribution in [2.75, 3.05) is 63.5 Å². The molecule has 3 aliphatic heterocycles. The van der Waals surface area contributed by atoms with Crippen LogP contribution in [-0.2, 0) is 9.59 Å². The highest BCUT2D eigenvalue weighted by Crippen LogP contribution is 2.36. The summed E-state index contributed by atoms with van der Waals surface area (Å²) in [5.74, 6) is 0.204. The molecule has 7 heteroatoms. The van der Waals surface area contributed by atoms with E-state index in [-0.39, 0.29) is 11.8 Å². The van der Waals surface area contributed by atoms with Crippen LogP contribution < -0.4 is 10.6 Å². The van der Waals surface area contributed by atoms with Crippen LogP contribution in [0.25, 0.3) is 0 Å². The normalized spacial score (nSPS) is 23.3. The fourth-order valence-corrected chi connectivity index (χ4v) is 4.30. The molecule has 27 heavy (non-hydrogen) atoms. The van der Waals surface area contributed by atoms with Crippen LogP contribution in [0.15, 0.2) is 24.3 Å². The zero-order chi connectivity index (χ0) is 18.9. The standard InChI is InChI=1S/C20H29N5O2/c1-23-9-4-10-24(14-13-23)15-18(26)25-11-7-20(8-12-25)19(27)21-16-5-2-3-6-17(16)22-20/h2-3,5-6,22H,4,7-15H2,1H3,(H,21,27). The number of rotatable bonds is 2. The molecule has 1 spiro atoms. The quantitative estimate of drug-likeness (QED) is 0.813. The van der Waals surface area contributed by atoms with E-state index in [0.29, 0.717) is 32.5 Å². The number of nitrogens with one attached hydrogen (secondary N) is 2. The van der Waals surface area contributed by atoms with Crippen molar-refractivity contribution in [1.82, 2.24) is 14.7 Å². The number of hydrogen-bond acceptors (Lipinski definition) is 5. The van der Waals surface area contributed by atoms with Crippen LogP contribution in [0, 0.1) is 0 Å². The monoisotopic (exact) mass is 371 g/mol. The van der Waals surface area contributed by atoms with Crippen LogP contribution in [0.1, 0.15) is 19.3 Å². The molecule has 0 saturated carbocycles. The molecule has 2 saturated heterocycles. The SMILES string of the molecule is CN1CCCN(CC(=O)N2CCC3(CC2)Nc2ccccc2NC3=O)CC1. The number of nitrogens with zero attached hydrogens (tertiary/aromatic N) is 3. The number of carbonyl (C=O) groups excluding carboxylic acids is 2. The van der Waals surface area contributed by atoms with Gasteiger partial charge in [0.25, 0.3) is 0 Å². The Hall–Kier alpha value is -2.12. The molecule has 4 rings (SSSR count). The molecule has 146 valence electrons. The molecule has 0 bridgehead atoms. The summed E-state index contributed by atoms with van der Waals surface area (Å²) >= 11 is 0. The summed E-state index contributed by atoms with van der Waals surface area (Å²) in [5.41, 5.74) is 1.19. The van der Waals surface area contributed by atoms with Gasteiger partial charge in [-0.1, -0.05) is 12.1 Å². The third kappa shape index (κ3) is 3.80. The summed E-state index contributed by atoms with van der Waals surface area (Å²) in [5, 5.41) is 6.47. The van der Waals surface area contributed by atoms with E-state index >= 15 is 0 Å². The van der Waals surface area contributed by atoms with Crippen molar-refractivity contribution < 1.29 is 9.59 Å². The van der Waals surface area contributed by atoms with Gasteiger partial charge in [-0.15, -0.1) is 0 Å². The molecular weight excluding hydrogens is 342 g/mol. The fourth-order valence-electron chi connectivity index (χ4n) is 4.30. The van der Waals surface area contributed by atoms with E-state index in [9.17, 15) is 9.59 Å². The summed E-state index contributed by atoms with van der Waals surface area (Å²) in [6.45, 7) is 5.77. The predicted octanol–water partition coefficient (Wildman–Crippen LogP) is 1.05. The van der Waals surface area contributed by atoms with Crippen LogP contribution in [0.2, 0.25) is 0 Å². The second kappa shape index (κ2) is 7.48. The number of likely N-dealkylation sites (N-methyl/N-ethyl adjacent to an activating group) is 1. The van der Waals surface area contributed by atoms with Crippen molar-refractivity contribution in [1.29, 1.82) is 0 Å². The molecule has 3 heterocycles. The number of hydrogen-bond donors (Lipinski definition) is 2. The summed E-state index contributed by atoms with van der Waals surface area (Å²) in [6, 6.07) is 7.78. The Bertz CT molecular complexity index is 714. The van der Waals surface area contributed by atoms with E-state index in [1.165, 1.54) is 0 Å². The van der Waals surface area contributed by atoms with Gasteiger partial charge in [0.05, 0.1) is 17.9 Å². The molecule has 2 N–H and O–H groups in total. The highest BCUT2D eigenvalue weighted by Gasteiger charge is 2.45. The first kappa shape index (κ1) is 18.3. The van der Waals surface area contributed by atoms with Crippen molar-refractivity contribution in [3.05, 3.63) is 24.3 Å². The number of anilines is 2. The smallest absolute Gasteiger partial charge is 0.250 e. The molecule has 0 radical (unpaired) electrons. The van der Waals surface area contributed by atoms with E-state index in [2.05, 4.69) is 27.5 Å². The van der Waals surface area contributed by atoms with Crippen LogP contribution in [0.5, 0.6) is 0 Å². The Labute approximate surface area is 160 Å². The summed E-state index contributed by atoms with van der Waals surface area (Å²) in [6.07, 6.45) is 2.39. The number of fused-ring (bicyclic) bond motifs is 1. The molecular formula is C20H29N5O2. The molecule has 0 atom stereocenters. The second-order valence-corrected chi connectivity index (χ2v) is 8.02. The van der Waals surface area contributed by atoms with Gasteiger partial charge in [-0.2, -0.15) is 0 Å². The zero-order valence-electron chi connectivity index (χ0n) is 16.0. The van der Waals surface area contributed by atoms with Gasteiger partial charge in [0.1, 0.15) is 5.54 Å². The lowest BCUT2D eigenvalue weighted by Crippen LogP contribution is -2.59. The van der Waals surface area contributed by atoms with Gasteiger partial charge in [0, 0.05) is 26.2 Å². The van der Waals surface area contributed by atoms with E-state index in [1.807, 2.05) is 29.2 Å². The molecule has 1 aromatic rings. The number of likely N-dealkylation sites (tertiary alicyclic amines) is 1. The highest BCUT2D eigenvalue weighted by atomic mass is 16.2. The lowest BCUT2D eigenvalue weighted by Gasteiger charge is -2.44. The first-order valence-corrected chi connectivity index (χ1v) is 9.93. The number of carbonyl (C=O) groups is 2. The minimum Gasteiger partial charge on any atom is -0.369 e. The third-order valence-electron chi connectivity index (χ3n) is 6.12. The average Bonchev–Trinajstić information content (AvgIpc) is 2.87. The van der Waals surface area contributed by atoms with E-state index in [4.69, 9.17) is 0 Å². The number of benzene rings is 1. The average molecular weight is 371 g/mol. The van der Waals surface area contributed by atoms with Crippen LogP contribution in [0.4, 0.5) is 11.4 Å². The minimum absolute atomic E-state index is 0.0175. The molecule has 0 aromatic heterocycles. The van der Waals surface area contributed by atoms with Crippen molar-refractivity contribution in [2.45, 2.75) is 24.8 Å². The maximum Gasteiger partial charge on any atom is 0.250 e. The van der Waals surface area contributed by atoms with Gasteiger partial charge in [-0.25, -0.2) is 0 Å². The molecule has 3 aliphatic rings. The largest absolute Gasteiger partial charge is 0.369 e. The highest BCUT2D eigenvalue weighted by molar-refractivity contribution is 6.06. The lowest BCUT2D eigenvalue weighted by atomic mass is 9.84. The topological polar surface area (TPSA) is 67.9 Å². The maximum absolute atomic E-state index is 12.8. The van der Waals surface area contributed by atoms with Crippen LogP contribution >= 0.6 is 0 Å². The Morgan fingerprint density at radius 1 is 1.04 bits per heavy atom. The zero-order valence-corrected chi connectivity index (χ0v) is 16.0. The number of para-hydroxylation sites is 2. The molecule has 7 nitrogen and oxygen atoms in total. The Morgan fingerprint density at radius 3 is 2.56 bits per heavy atom. The van der Waals surface area contributed by atoms with Gasteiger partial charge in [0.15, 0.2) is 0 Å². The van der Waals surface area contributed by atoms with Crippen molar-refractivity contribution >= 4 is 23.2 Å². The van der Waals surface area contributed by atoms with E-state index in [0.717, 1.165) is 44.0 Å².